The van der Waals surface area contributed by atoms with Crippen molar-refractivity contribution in [2.24, 2.45) is 5.10 Å². The first-order valence-corrected chi connectivity index (χ1v) is 8.45. The minimum absolute atomic E-state index is 0.571. The summed E-state index contributed by atoms with van der Waals surface area (Å²) in [6, 6.07) is 14.4. The van der Waals surface area contributed by atoms with Gasteiger partial charge in [0.1, 0.15) is 0 Å². The molecule has 0 bridgehead atoms. The van der Waals surface area contributed by atoms with Crippen LogP contribution in [0.1, 0.15) is 30.9 Å². The van der Waals surface area contributed by atoms with Crippen LogP contribution in [0.2, 0.25) is 5.02 Å². The number of nitrogens with zero attached hydrogens (tertiary/aromatic N) is 1. The van der Waals surface area contributed by atoms with Crippen LogP contribution in [0.5, 0.6) is 0 Å². The van der Waals surface area contributed by atoms with Crippen molar-refractivity contribution in [1.29, 1.82) is 0 Å². The molecule has 2 rings (SSSR count). The maximum absolute atomic E-state index is 11.8. The lowest BCUT2D eigenvalue weighted by Crippen LogP contribution is -2.32. The summed E-state index contributed by atoms with van der Waals surface area (Å²) in [4.78, 5) is 23.6. The number of unbranched alkanes of at least 4 members (excludes halogenated alkanes) is 1. The van der Waals surface area contributed by atoms with Crippen molar-refractivity contribution in [3.05, 3.63) is 64.7 Å². The molecule has 0 aliphatic heterocycles. The van der Waals surface area contributed by atoms with E-state index in [1.54, 1.807) is 36.4 Å². The molecule has 2 N–H and O–H groups in total. The fourth-order valence-electron chi connectivity index (χ4n) is 2.09. The summed E-state index contributed by atoms with van der Waals surface area (Å²) in [7, 11) is 0. The second-order valence-electron chi connectivity index (χ2n) is 5.51. The molecule has 0 saturated carbocycles. The SMILES string of the molecule is CCCCc1ccc(NC(=O)C(=O)NN=Cc2ccc(Cl)cc2)cc1. The normalized spacial score (nSPS) is 10.6. The van der Waals surface area contributed by atoms with Crippen LogP contribution >= 0.6 is 11.6 Å². The Bertz CT molecular complexity index is 740. The summed E-state index contributed by atoms with van der Waals surface area (Å²) in [5.41, 5.74) is 4.72. The summed E-state index contributed by atoms with van der Waals surface area (Å²) in [6.45, 7) is 2.14. The third-order valence-corrected chi connectivity index (χ3v) is 3.74. The quantitative estimate of drug-likeness (QED) is 0.469. The topological polar surface area (TPSA) is 70.6 Å². The Morgan fingerprint density at radius 3 is 2.36 bits per heavy atom. The highest BCUT2D eigenvalue weighted by Crippen LogP contribution is 2.11. The van der Waals surface area contributed by atoms with Crippen LogP contribution in [0.4, 0.5) is 5.69 Å². The molecule has 0 atom stereocenters. The van der Waals surface area contributed by atoms with E-state index in [0.29, 0.717) is 10.7 Å². The zero-order chi connectivity index (χ0) is 18.1. The lowest BCUT2D eigenvalue weighted by atomic mass is 10.1. The molecule has 0 aliphatic carbocycles. The van der Waals surface area contributed by atoms with Crippen molar-refractivity contribution in [3.63, 3.8) is 0 Å². The van der Waals surface area contributed by atoms with Gasteiger partial charge in [0.15, 0.2) is 0 Å². The minimum Gasteiger partial charge on any atom is -0.318 e. The fourth-order valence-corrected chi connectivity index (χ4v) is 2.21. The Balaban J connectivity index is 1.83. The molecule has 5 nitrogen and oxygen atoms in total. The van der Waals surface area contributed by atoms with Crippen molar-refractivity contribution in [2.45, 2.75) is 26.2 Å². The Morgan fingerprint density at radius 2 is 1.72 bits per heavy atom. The number of benzene rings is 2. The molecule has 2 aromatic carbocycles. The van der Waals surface area contributed by atoms with Crippen molar-refractivity contribution in [3.8, 4) is 0 Å². The van der Waals surface area contributed by atoms with Crippen molar-refractivity contribution in [2.75, 3.05) is 5.32 Å². The molecule has 130 valence electrons. The standard InChI is InChI=1S/C19H20ClN3O2/c1-2-3-4-14-7-11-17(12-8-14)22-18(24)19(25)23-21-13-15-5-9-16(20)10-6-15/h5-13H,2-4H2,1H3,(H,22,24)(H,23,25). The highest BCUT2D eigenvalue weighted by atomic mass is 35.5. The third-order valence-electron chi connectivity index (χ3n) is 3.49. The first kappa shape index (κ1) is 18.7. The average molecular weight is 358 g/mol. The van der Waals surface area contributed by atoms with Gasteiger partial charge in [0, 0.05) is 10.7 Å². The molecule has 0 radical (unpaired) electrons. The number of anilines is 1. The molecule has 2 amide bonds. The van der Waals surface area contributed by atoms with E-state index in [4.69, 9.17) is 11.6 Å². The summed E-state index contributed by atoms with van der Waals surface area (Å²) in [5.74, 6) is -1.60. The first-order chi connectivity index (χ1) is 12.1. The molecule has 0 heterocycles. The van der Waals surface area contributed by atoms with Crippen molar-refractivity contribution >= 4 is 35.3 Å². The number of rotatable bonds is 6. The molecule has 0 saturated heterocycles. The van der Waals surface area contributed by atoms with Gasteiger partial charge in [0.05, 0.1) is 6.21 Å². The van der Waals surface area contributed by atoms with Gasteiger partial charge < -0.3 is 5.32 Å². The van der Waals surface area contributed by atoms with Gasteiger partial charge in [-0.3, -0.25) is 9.59 Å². The zero-order valence-corrected chi connectivity index (χ0v) is 14.7. The maximum Gasteiger partial charge on any atom is 0.329 e. The molecule has 0 aliphatic rings. The molecule has 0 fully saturated rings. The highest BCUT2D eigenvalue weighted by molar-refractivity contribution is 6.39. The Labute approximate surface area is 152 Å². The number of carbonyl (C=O) groups excluding carboxylic acids is 2. The van der Waals surface area contributed by atoms with Crippen LogP contribution in [-0.2, 0) is 16.0 Å². The van der Waals surface area contributed by atoms with E-state index in [1.165, 1.54) is 11.8 Å². The van der Waals surface area contributed by atoms with E-state index in [2.05, 4.69) is 22.8 Å². The van der Waals surface area contributed by atoms with Gasteiger partial charge in [-0.25, -0.2) is 5.43 Å². The zero-order valence-electron chi connectivity index (χ0n) is 14.0. The molecule has 25 heavy (non-hydrogen) atoms. The van der Waals surface area contributed by atoms with Gasteiger partial charge in [0.2, 0.25) is 0 Å². The summed E-state index contributed by atoms with van der Waals surface area (Å²) in [5, 5.41) is 6.90. The molecular weight excluding hydrogens is 338 g/mol. The molecule has 0 aromatic heterocycles. The predicted octanol–water partition coefficient (Wildman–Crippen LogP) is 3.77. The van der Waals surface area contributed by atoms with E-state index in [-0.39, 0.29) is 0 Å². The molecule has 2 aromatic rings. The van der Waals surface area contributed by atoms with E-state index >= 15 is 0 Å². The van der Waals surface area contributed by atoms with Gasteiger partial charge in [-0.15, -0.1) is 0 Å². The molecule has 0 spiro atoms. The van der Waals surface area contributed by atoms with Crippen LogP contribution < -0.4 is 10.7 Å². The van der Waals surface area contributed by atoms with E-state index in [9.17, 15) is 9.59 Å². The van der Waals surface area contributed by atoms with Crippen molar-refractivity contribution < 1.29 is 9.59 Å². The third kappa shape index (κ3) is 6.39. The number of hydrogen-bond donors (Lipinski definition) is 2. The Kier molecular flexibility index (Phi) is 7.16. The van der Waals surface area contributed by atoms with Gasteiger partial charge >= 0.3 is 11.8 Å². The number of nitrogens with one attached hydrogen (secondary N) is 2. The summed E-state index contributed by atoms with van der Waals surface area (Å²) >= 11 is 5.78. The molecular formula is C19H20ClN3O2. The predicted molar refractivity (Wildman–Crippen MR) is 101 cm³/mol. The largest absolute Gasteiger partial charge is 0.329 e. The smallest absolute Gasteiger partial charge is 0.318 e. The summed E-state index contributed by atoms with van der Waals surface area (Å²) < 4.78 is 0. The first-order valence-electron chi connectivity index (χ1n) is 8.07. The highest BCUT2D eigenvalue weighted by Gasteiger charge is 2.12. The Hall–Kier alpha value is -2.66. The lowest BCUT2D eigenvalue weighted by Gasteiger charge is -2.05. The van der Waals surface area contributed by atoms with Crippen LogP contribution in [0.3, 0.4) is 0 Å². The molecule has 0 unspecified atom stereocenters. The fraction of sp³-hybridized carbons (Fsp3) is 0.211. The molecule has 6 heteroatoms. The van der Waals surface area contributed by atoms with Gasteiger partial charge in [-0.2, -0.15) is 5.10 Å². The van der Waals surface area contributed by atoms with Crippen LogP contribution in [0.25, 0.3) is 0 Å². The number of hydrazone groups is 1. The van der Waals surface area contributed by atoms with Gasteiger partial charge in [-0.1, -0.05) is 49.2 Å². The summed E-state index contributed by atoms with van der Waals surface area (Å²) in [6.07, 6.45) is 4.70. The van der Waals surface area contributed by atoms with E-state index in [1.807, 2.05) is 12.1 Å². The number of aryl methyl sites for hydroxylation is 1. The van der Waals surface area contributed by atoms with Crippen LogP contribution in [-0.4, -0.2) is 18.0 Å². The van der Waals surface area contributed by atoms with E-state index in [0.717, 1.165) is 24.8 Å². The van der Waals surface area contributed by atoms with Gasteiger partial charge in [0.25, 0.3) is 0 Å². The van der Waals surface area contributed by atoms with Gasteiger partial charge in [-0.05, 0) is 48.2 Å². The van der Waals surface area contributed by atoms with E-state index < -0.39 is 11.8 Å². The second kappa shape index (κ2) is 9.59. The number of halogens is 1. The van der Waals surface area contributed by atoms with Crippen molar-refractivity contribution in [1.82, 2.24) is 5.43 Å². The lowest BCUT2D eigenvalue weighted by molar-refractivity contribution is -0.136. The number of carbonyl (C=O) groups is 2. The monoisotopic (exact) mass is 357 g/mol. The number of hydrogen-bond acceptors (Lipinski definition) is 3. The second-order valence-corrected chi connectivity index (χ2v) is 5.94. The number of amides is 2. The maximum atomic E-state index is 11.8. The average Bonchev–Trinajstić information content (AvgIpc) is 2.62. The van der Waals surface area contributed by atoms with Crippen LogP contribution in [0.15, 0.2) is 53.6 Å². The minimum atomic E-state index is -0.833. The van der Waals surface area contributed by atoms with Crippen LogP contribution in [0, 0.1) is 0 Å². The Morgan fingerprint density at radius 1 is 1.04 bits per heavy atom.